The quantitative estimate of drug-likeness (QED) is 0.526. The molecule has 0 aliphatic heterocycles. The van der Waals surface area contributed by atoms with E-state index in [0.29, 0.717) is 0 Å². The van der Waals surface area contributed by atoms with Crippen molar-refractivity contribution in [3.63, 3.8) is 0 Å². The molecule has 0 fully saturated rings. The van der Waals surface area contributed by atoms with E-state index in [2.05, 4.69) is 10.2 Å². The van der Waals surface area contributed by atoms with E-state index in [-0.39, 0.29) is 5.69 Å². The van der Waals surface area contributed by atoms with Crippen molar-refractivity contribution in [2.45, 2.75) is 0 Å². The SMILES string of the molecule is O=[N+]([O-])c1ccc(-n2cnnc2)cc1. The summed E-state index contributed by atoms with van der Waals surface area (Å²) in [6.07, 6.45) is 3.06. The van der Waals surface area contributed by atoms with Crippen molar-refractivity contribution >= 4 is 5.69 Å². The monoisotopic (exact) mass is 190 g/mol. The van der Waals surface area contributed by atoms with Crippen molar-refractivity contribution in [2.75, 3.05) is 0 Å². The predicted molar refractivity (Wildman–Crippen MR) is 48.0 cm³/mol. The van der Waals surface area contributed by atoms with Crippen LogP contribution < -0.4 is 0 Å². The molecule has 6 heteroatoms. The van der Waals surface area contributed by atoms with Crippen LogP contribution in [0.15, 0.2) is 36.9 Å². The average molecular weight is 190 g/mol. The second-order valence-corrected chi connectivity index (χ2v) is 2.64. The van der Waals surface area contributed by atoms with E-state index in [1.54, 1.807) is 16.7 Å². The fourth-order valence-electron chi connectivity index (χ4n) is 1.08. The third-order valence-electron chi connectivity index (χ3n) is 1.78. The standard InChI is InChI=1S/C8H6N4O2/c13-12(14)8-3-1-7(2-4-8)11-5-9-10-6-11/h1-6H. The summed E-state index contributed by atoms with van der Waals surface area (Å²) >= 11 is 0. The molecule has 0 bridgehead atoms. The molecule has 0 N–H and O–H groups in total. The van der Waals surface area contributed by atoms with Gasteiger partial charge in [0, 0.05) is 17.8 Å². The van der Waals surface area contributed by atoms with Gasteiger partial charge >= 0.3 is 0 Å². The molecule has 0 saturated carbocycles. The first-order valence-corrected chi connectivity index (χ1v) is 3.87. The molecular weight excluding hydrogens is 184 g/mol. The maximum absolute atomic E-state index is 10.4. The highest BCUT2D eigenvalue weighted by Crippen LogP contribution is 2.14. The summed E-state index contributed by atoms with van der Waals surface area (Å²) in [5.74, 6) is 0. The van der Waals surface area contributed by atoms with Crippen LogP contribution in [0.2, 0.25) is 0 Å². The van der Waals surface area contributed by atoms with Crippen LogP contribution >= 0.6 is 0 Å². The Kier molecular flexibility index (Phi) is 1.94. The van der Waals surface area contributed by atoms with Gasteiger partial charge in [-0.3, -0.25) is 14.7 Å². The molecule has 1 heterocycles. The normalized spacial score (nSPS) is 10.0. The molecule has 2 rings (SSSR count). The molecule has 0 atom stereocenters. The first kappa shape index (κ1) is 8.36. The Hall–Kier alpha value is -2.24. The van der Waals surface area contributed by atoms with Crippen molar-refractivity contribution in [1.29, 1.82) is 0 Å². The summed E-state index contributed by atoms with van der Waals surface area (Å²) in [5, 5.41) is 17.6. The van der Waals surface area contributed by atoms with E-state index in [9.17, 15) is 10.1 Å². The van der Waals surface area contributed by atoms with E-state index in [0.717, 1.165) is 5.69 Å². The lowest BCUT2D eigenvalue weighted by atomic mass is 10.3. The van der Waals surface area contributed by atoms with E-state index < -0.39 is 4.92 Å². The lowest BCUT2D eigenvalue weighted by Crippen LogP contribution is -1.91. The molecule has 70 valence electrons. The number of nitro benzene ring substituents is 1. The minimum absolute atomic E-state index is 0.0711. The highest BCUT2D eigenvalue weighted by molar-refractivity contribution is 5.40. The predicted octanol–water partition coefficient (Wildman–Crippen LogP) is 1.18. The van der Waals surface area contributed by atoms with Crippen LogP contribution in [0.25, 0.3) is 5.69 Å². The number of hydrogen-bond acceptors (Lipinski definition) is 4. The second-order valence-electron chi connectivity index (χ2n) is 2.64. The molecule has 0 unspecified atom stereocenters. The van der Waals surface area contributed by atoms with Gasteiger partial charge in [-0.05, 0) is 12.1 Å². The number of nitro groups is 1. The number of hydrogen-bond donors (Lipinski definition) is 0. The largest absolute Gasteiger partial charge is 0.288 e. The van der Waals surface area contributed by atoms with Gasteiger partial charge in [-0.25, -0.2) is 0 Å². The summed E-state index contributed by atoms with van der Waals surface area (Å²) in [7, 11) is 0. The molecule has 0 radical (unpaired) electrons. The highest BCUT2D eigenvalue weighted by atomic mass is 16.6. The number of nitrogens with zero attached hydrogens (tertiary/aromatic N) is 4. The second kappa shape index (κ2) is 3.25. The smallest absolute Gasteiger partial charge is 0.269 e. The van der Waals surface area contributed by atoms with Gasteiger partial charge in [-0.2, -0.15) is 0 Å². The van der Waals surface area contributed by atoms with Gasteiger partial charge in [0.15, 0.2) is 0 Å². The molecule has 6 nitrogen and oxygen atoms in total. The van der Waals surface area contributed by atoms with Crippen molar-refractivity contribution in [2.24, 2.45) is 0 Å². The Morgan fingerprint density at radius 1 is 1.14 bits per heavy atom. The molecule has 0 aliphatic carbocycles. The van der Waals surface area contributed by atoms with Crippen LogP contribution in [0.4, 0.5) is 5.69 Å². The number of benzene rings is 1. The average Bonchev–Trinajstić information content (AvgIpc) is 2.71. The third-order valence-corrected chi connectivity index (χ3v) is 1.78. The molecule has 1 aromatic heterocycles. The summed E-state index contributed by atoms with van der Waals surface area (Å²) in [5.41, 5.74) is 0.863. The molecule has 1 aromatic carbocycles. The zero-order chi connectivity index (χ0) is 9.97. The third kappa shape index (κ3) is 1.45. The lowest BCUT2D eigenvalue weighted by Gasteiger charge is -1.98. The van der Waals surface area contributed by atoms with Crippen molar-refractivity contribution in [3.8, 4) is 5.69 Å². The summed E-state index contributed by atoms with van der Waals surface area (Å²) in [6.45, 7) is 0. The summed E-state index contributed by atoms with van der Waals surface area (Å²) in [6, 6.07) is 6.16. The summed E-state index contributed by atoms with van der Waals surface area (Å²) in [4.78, 5) is 9.94. The molecule has 2 aromatic rings. The molecule has 0 spiro atoms. The van der Waals surface area contributed by atoms with E-state index in [1.165, 1.54) is 24.8 Å². The maximum atomic E-state index is 10.4. The van der Waals surface area contributed by atoms with Gasteiger partial charge in [0.2, 0.25) is 0 Å². The van der Waals surface area contributed by atoms with Gasteiger partial charge in [-0.15, -0.1) is 10.2 Å². The molecular formula is C8H6N4O2. The van der Waals surface area contributed by atoms with Gasteiger partial charge < -0.3 is 0 Å². The maximum Gasteiger partial charge on any atom is 0.269 e. The zero-order valence-electron chi connectivity index (χ0n) is 7.07. The molecule has 14 heavy (non-hydrogen) atoms. The van der Waals surface area contributed by atoms with Crippen molar-refractivity contribution in [1.82, 2.24) is 14.8 Å². The summed E-state index contributed by atoms with van der Waals surface area (Å²) < 4.78 is 1.67. The lowest BCUT2D eigenvalue weighted by molar-refractivity contribution is -0.384. The van der Waals surface area contributed by atoms with E-state index in [1.807, 2.05) is 0 Å². The Balaban J connectivity index is 2.36. The van der Waals surface area contributed by atoms with Gasteiger partial charge in [0.1, 0.15) is 12.7 Å². The number of rotatable bonds is 2. The van der Waals surface area contributed by atoms with Gasteiger partial charge in [0.25, 0.3) is 5.69 Å². The Labute approximate surface area is 79.0 Å². The first-order chi connectivity index (χ1) is 6.77. The van der Waals surface area contributed by atoms with Gasteiger partial charge in [-0.1, -0.05) is 0 Å². The molecule has 0 saturated heterocycles. The molecule has 0 aliphatic rings. The van der Waals surface area contributed by atoms with E-state index >= 15 is 0 Å². The fraction of sp³-hybridized carbons (Fsp3) is 0. The van der Waals surface area contributed by atoms with E-state index in [4.69, 9.17) is 0 Å². The Morgan fingerprint density at radius 2 is 1.71 bits per heavy atom. The fourth-order valence-corrected chi connectivity index (χ4v) is 1.08. The minimum Gasteiger partial charge on any atom is -0.288 e. The Bertz CT molecular complexity index is 435. The highest BCUT2D eigenvalue weighted by Gasteiger charge is 2.04. The van der Waals surface area contributed by atoms with Crippen LogP contribution in [0.1, 0.15) is 0 Å². The van der Waals surface area contributed by atoms with Crippen LogP contribution in [-0.2, 0) is 0 Å². The van der Waals surface area contributed by atoms with Crippen molar-refractivity contribution in [3.05, 3.63) is 47.0 Å². The zero-order valence-corrected chi connectivity index (χ0v) is 7.07. The van der Waals surface area contributed by atoms with Crippen LogP contribution in [0.3, 0.4) is 0 Å². The van der Waals surface area contributed by atoms with Crippen molar-refractivity contribution < 1.29 is 4.92 Å². The van der Waals surface area contributed by atoms with Crippen LogP contribution in [0, 0.1) is 10.1 Å². The topological polar surface area (TPSA) is 73.8 Å². The first-order valence-electron chi connectivity index (χ1n) is 3.87. The number of non-ortho nitro benzene ring substituents is 1. The van der Waals surface area contributed by atoms with Gasteiger partial charge in [0.05, 0.1) is 4.92 Å². The Morgan fingerprint density at radius 3 is 2.21 bits per heavy atom. The number of aromatic nitrogens is 3. The minimum atomic E-state index is -0.435. The molecule has 0 amide bonds. The van der Waals surface area contributed by atoms with Crippen LogP contribution in [0.5, 0.6) is 0 Å². The van der Waals surface area contributed by atoms with Crippen LogP contribution in [-0.4, -0.2) is 19.7 Å².